The maximum Gasteiger partial charge on any atom is 0.407 e. The summed E-state index contributed by atoms with van der Waals surface area (Å²) in [7, 11) is 0. The first kappa shape index (κ1) is 19.0. The fraction of sp³-hybridized carbons (Fsp3) is 0.364. The van der Waals surface area contributed by atoms with Crippen molar-refractivity contribution in [2.75, 3.05) is 19.6 Å². The van der Waals surface area contributed by atoms with Gasteiger partial charge in [0.1, 0.15) is 0 Å². The molecule has 5 nitrogen and oxygen atoms in total. The highest BCUT2D eigenvalue weighted by Gasteiger charge is 2.39. The topological polar surface area (TPSA) is 69.6 Å². The first-order valence-corrected chi connectivity index (χ1v) is 9.43. The zero-order valence-electron chi connectivity index (χ0n) is 15.4. The molecule has 0 atom stereocenters. The number of benzene rings is 2. The van der Waals surface area contributed by atoms with E-state index in [2.05, 4.69) is 17.4 Å². The van der Waals surface area contributed by atoms with Crippen molar-refractivity contribution in [1.29, 1.82) is 0 Å². The maximum absolute atomic E-state index is 12.7. The standard InChI is InChI=1S/C22H26N2O3/c25-20(23-14-11-18-7-3-1-4-8-18)17-22(19-9-5-2-6-10-19)12-15-24(16-13-22)21(26)27/h1-10H,11-17H2,(H,23,25)(H,26,27). The molecule has 0 unspecified atom stereocenters. The lowest BCUT2D eigenvalue weighted by atomic mass is 9.70. The van der Waals surface area contributed by atoms with Crippen LogP contribution in [-0.4, -0.2) is 41.6 Å². The van der Waals surface area contributed by atoms with E-state index >= 15 is 0 Å². The molecule has 27 heavy (non-hydrogen) atoms. The lowest BCUT2D eigenvalue weighted by Crippen LogP contribution is -2.47. The molecule has 3 rings (SSSR count). The molecule has 0 saturated carbocycles. The van der Waals surface area contributed by atoms with Gasteiger partial charge in [0.15, 0.2) is 0 Å². The van der Waals surface area contributed by atoms with Crippen molar-refractivity contribution >= 4 is 12.0 Å². The number of carbonyl (C=O) groups excluding carboxylic acids is 1. The van der Waals surface area contributed by atoms with E-state index in [1.165, 1.54) is 10.5 Å². The Balaban J connectivity index is 1.63. The number of hydrogen-bond acceptors (Lipinski definition) is 2. The van der Waals surface area contributed by atoms with Crippen LogP contribution in [0, 0.1) is 0 Å². The van der Waals surface area contributed by atoms with Gasteiger partial charge in [-0.15, -0.1) is 0 Å². The summed E-state index contributed by atoms with van der Waals surface area (Å²) in [6, 6.07) is 20.1. The molecule has 1 heterocycles. The molecular formula is C22H26N2O3. The summed E-state index contributed by atoms with van der Waals surface area (Å²) in [5, 5.41) is 12.3. The molecule has 0 spiro atoms. The maximum atomic E-state index is 12.7. The molecule has 5 heteroatoms. The highest BCUT2D eigenvalue weighted by atomic mass is 16.4. The molecule has 142 valence electrons. The van der Waals surface area contributed by atoms with Gasteiger partial charge >= 0.3 is 6.09 Å². The zero-order valence-corrected chi connectivity index (χ0v) is 15.4. The normalized spacial score (nSPS) is 15.9. The van der Waals surface area contributed by atoms with Gasteiger partial charge < -0.3 is 15.3 Å². The predicted molar refractivity (Wildman–Crippen MR) is 105 cm³/mol. The van der Waals surface area contributed by atoms with Gasteiger partial charge in [-0.2, -0.15) is 0 Å². The molecule has 0 aromatic heterocycles. The van der Waals surface area contributed by atoms with Gasteiger partial charge in [0, 0.05) is 31.5 Å². The van der Waals surface area contributed by atoms with Crippen molar-refractivity contribution in [1.82, 2.24) is 10.2 Å². The van der Waals surface area contributed by atoms with Crippen LogP contribution in [0.25, 0.3) is 0 Å². The van der Waals surface area contributed by atoms with Gasteiger partial charge in [-0.25, -0.2) is 4.79 Å². The van der Waals surface area contributed by atoms with Crippen LogP contribution < -0.4 is 5.32 Å². The Morgan fingerprint density at radius 3 is 2.15 bits per heavy atom. The van der Waals surface area contributed by atoms with Crippen molar-refractivity contribution in [3.8, 4) is 0 Å². The van der Waals surface area contributed by atoms with Crippen molar-refractivity contribution in [2.45, 2.75) is 31.1 Å². The summed E-state index contributed by atoms with van der Waals surface area (Å²) in [6.07, 6.45) is 1.63. The van der Waals surface area contributed by atoms with Crippen LogP contribution in [0.5, 0.6) is 0 Å². The van der Waals surface area contributed by atoms with Crippen molar-refractivity contribution in [3.63, 3.8) is 0 Å². The quantitative estimate of drug-likeness (QED) is 0.823. The zero-order chi connectivity index (χ0) is 19.1. The molecule has 2 amide bonds. The Morgan fingerprint density at radius 1 is 0.963 bits per heavy atom. The lowest BCUT2D eigenvalue weighted by Gasteiger charge is -2.41. The van der Waals surface area contributed by atoms with Crippen LogP contribution in [-0.2, 0) is 16.6 Å². The summed E-state index contributed by atoms with van der Waals surface area (Å²) < 4.78 is 0. The van der Waals surface area contributed by atoms with E-state index in [1.54, 1.807) is 0 Å². The largest absolute Gasteiger partial charge is 0.465 e. The van der Waals surface area contributed by atoms with E-state index < -0.39 is 6.09 Å². The van der Waals surface area contributed by atoms with E-state index in [0.29, 0.717) is 38.9 Å². The fourth-order valence-corrected chi connectivity index (χ4v) is 3.85. The number of hydrogen-bond donors (Lipinski definition) is 2. The third-order valence-corrected chi connectivity index (χ3v) is 5.45. The molecule has 2 aromatic carbocycles. The Hall–Kier alpha value is -2.82. The lowest BCUT2D eigenvalue weighted by molar-refractivity contribution is -0.122. The number of piperidine rings is 1. The van der Waals surface area contributed by atoms with Crippen LogP contribution in [0.3, 0.4) is 0 Å². The number of nitrogens with one attached hydrogen (secondary N) is 1. The number of amides is 2. The minimum Gasteiger partial charge on any atom is -0.465 e. The van der Waals surface area contributed by atoms with E-state index in [0.717, 1.165) is 12.0 Å². The second kappa shape index (κ2) is 8.71. The molecule has 2 N–H and O–H groups in total. The van der Waals surface area contributed by atoms with Gasteiger partial charge in [0.05, 0.1) is 0 Å². The van der Waals surface area contributed by atoms with Gasteiger partial charge in [-0.05, 0) is 30.4 Å². The predicted octanol–water partition coefficient (Wildman–Crippen LogP) is 3.45. The van der Waals surface area contributed by atoms with Crippen molar-refractivity contribution < 1.29 is 14.7 Å². The third-order valence-electron chi connectivity index (χ3n) is 5.45. The molecule has 2 aromatic rings. The molecule has 1 aliphatic heterocycles. The summed E-state index contributed by atoms with van der Waals surface area (Å²) in [6.45, 7) is 1.53. The Kier molecular flexibility index (Phi) is 6.12. The highest BCUT2D eigenvalue weighted by molar-refractivity contribution is 5.77. The smallest absolute Gasteiger partial charge is 0.407 e. The van der Waals surface area contributed by atoms with Gasteiger partial charge in [-0.1, -0.05) is 60.7 Å². The Labute approximate surface area is 160 Å². The second-order valence-corrected chi connectivity index (χ2v) is 7.18. The monoisotopic (exact) mass is 366 g/mol. The minimum atomic E-state index is -0.885. The summed E-state index contributed by atoms with van der Waals surface area (Å²) in [4.78, 5) is 25.3. The molecule has 1 aliphatic rings. The van der Waals surface area contributed by atoms with Gasteiger partial charge in [0.25, 0.3) is 0 Å². The van der Waals surface area contributed by atoms with Crippen LogP contribution in [0.1, 0.15) is 30.4 Å². The molecule has 0 radical (unpaired) electrons. The van der Waals surface area contributed by atoms with Crippen LogP contribution in [0.4, 0.5) is 4.79 Å². The average molecular weight is 366 g/mol. The Morgan fingerprint density at radius 2 is 1.56 bits per heavy atom. The number of nitrogens with zero attached hydrogens (tertiary/aromatic N) is 1. The number of rotatable bonds is 6. The van der Waals surface area contributed by atoms with Crippen LogP contribution in [0.2, 0.25) is 0 Å². The number of likely N-dealkylation sites (tertiary alicyclic amines) is 1. The van der Waals surface area contributed by atoms with E-state index in [9.17, 15) is 14.7 Å². The first-order valence-electron chi connectivity index (χ1n) is 9.43. The van der Waals surface area contributed by atoms with Gasteiger partial charge in [-0.3, -0.25) is 4.79 Å². The second-order valence-electron chi connectivity index (χ2n) is 7.18. The molecule has 1 saturated heterocycles. The van der Waals surface area contributed by atoms with Crippen LogP contribution in [0.15, 0.2) is 60.7 Å². The summed E-state index contributed by atoms with van der Waals surface area (Å²) >= 11 is 0. The van der Waals surface area contributed by atoms with Crippen molar-refractivity contribution in [2.24, 2.45) is 0 Å². The third kappa shape index (κ3) is 4.88. The van der Waals surface area contributed by atoms with E-state index in [-0.39, 0.29) is 11.3 Å². The molecule has 0 aliphatic carbocycles. The average Bonchev–Trinajstić information content (AvgIpc) is 2.70. The highest BCUT2D eigenvalue weighted by Crippen LogP contribution is 2.38. The van der Waals surface area contributed by atoms with E-state index in [1.807, 2.05) is 48.5 Å². The summed E-state index contributed by atoms with van der Waals surface area (Å²) in [5.74, 6) is 0.0264. The van der Waals surface area contributed by atoms with Gasteiger partial charge in [0.2, 0.25) is 5.91 Å². The van der Waals surface area contributed by atoms with E-state index in [4.69, 9.17) is 0 Å². The fourth-order valence-electron chi connectivity index (χ4n) is 3.85. The minimum absolute atomic E-state index is 0.0264. The molecular weight excluding hydrogens is 340 g/mol. The number of carbonyl (C=O) groups is 2. The molecule has 0 bridgehead atoms. The first-order chi connectivity index (χ1) is 13.1. The summed E-state index contributed by atoms with van der Waals surface area (Å²) in [5.41, 5.74) is 2.02. The Bertz CT molecular complexity index is 754. The van der Waals surface area contributed by atoms with Crippen molar-refractivity contribution in [3.05, 3.63) is 71.8 Å². The SMILES string of the molecule is O=C(CC1(c2ccccc2)CCN(C(=O)O)CC1)NCCc1ccccc1. The number of carboxylic acid groups (broad SMARTS) is 1. The van der Waals surface area contributed by atoms with Crippen LogP contribution >= 0.6 is 0 Å². The molecule has 1 fully saturated rings.